The lowest BCUT2D eigenvalue weighted by molar-refractivity contribution is -0.304. The first kappa shape index (κ1) is 28.8. The Morgan fingerprint density at radius 3 is 1.50 bits per heavy atom. The van der Waals surface area contributed by atoms with Gasteiger partial charge in [0.25, 0.3) is 3.79 Å². The number of nitrogens with one attached hydrogen (secondary N) is 1. The Hall–Kier alpha value is -2.16. The maximum absolute atomic E-state index is 8.15. The molecule has 202 valence electrons. The summed E-state index contributed by atoms with van der Waals surface area (Å²) in [5, 5.41) is 8.15. The maximum atomic E-state index is 8.15. The second-order valence-electron chi connectivity index (χ2n) is 8.94. The third-order valence-electron chi connectivity index (χ3n) is 6.07. The fraction of sp³-hybridized carbons (Fsp3) is 0.345. The quantitative estimate of drug-likeness (QED) is 0.162. The Balaban J connectivity index is 1.61. The Morgan fingerprint density at radius 2 is 1.08 bits per heavy atom. The number of halogens is 3. The van der Waals surface area contributed by atoms with E-state index in [-0.39, 0.29) is 6.61 Å². The molecule has 0 bridgehead atoms. The molecule has 1 N–H and O–H groups in total. The first-order chi connectivity index (χ1) is 18.3. The summed E-state index contributed by atoms with van der Waals surface area (Å²) in [6, 6.07) is 29.4. The number of alkyl halides is 3. The molecule has 0 spiro atoms. The molecule has 0 aromatic heterocycles. The fourth-order valence-electron chi connectivity index (χ4n) is 4.15. The molecule has 1 aliphatic rings. The lowest BCUT2D eigenvalue weighted by Crippen LogP contribution is -2.60. The van der Waals surface area contributed by atoms with Gasteiger partial charge >= 0.3 is 0 Å². The monoisotopic (exact) mass is 577 g/mol. The summed E-state index contributed by atoms with van der Waals surface area (Å²) in [4.78, 5) is 0. The Morgan fingerprint density at radius 1 is 0.684 bits per heavy atom. The third kappa shape index (κ3) is 8.17. The summed E-state index contributed by atoms with van der Waals surface area (Å²) in [6.07, 6.45) is -3.50. The van der Waals surface area contributed by atoms with Crippen molar-refractivity contribution in [2.45, 2.75) is 61.2 Å². The van der Waals surface area contributed by atoms with Crippen LogP contribution < -0.4 is 0 Å². The van der Waals surface area contributed by atoms with Crippen LogP contribution in [-0.2, 0) is 43.5 Å². The van der Waals surface area contributed by atoms with E-state index in [4.69, 9.17) is 63.9 Å². The molecule has 6 nitrogen and oxygen atoms in total. The Labute approximate surface area is 238 Å². The van der Waals surface area contributed by atoms with E-state index in [1.54, 1.807) is 0 Å². The van der Waals surface area contributed by atoms with E-state index in [1.165, 1.54) is 0 Å². The molecule has 5 atom stereocenters. The van der Waals surface area contributed by atoms with Gasteiger partial charge in [-0.1, -0.05) is 126 Å². The molecule has 1 saturated heterocycles. The van der Waals surface area contributed by atoms with Gasteiger partial charge in [-0.15, -0.1) is 0 Å². The highest BCUT2D eigenvalue weighted by molar-refractivity contribution is 6.76. The van der Waals surface area contributed by atoms with Crippen molar-refractivity contribution in [3.05, 3.63) is 108 Å². The second-order valence-corrected chi connectivity index (χ2v) is 11.2. The molecular formula is C29H30Cl3NO5. The minimum atomic E-state index is -2.06. The van der Waals surface area contributed by atoms with Crippen LogP contribution in [0.3, 0.4) is 0 Å². The number of hydrogen-bond donors (Lipinski definition) is 1. The molecule has 1 aliphatic heterocycles. The molecule has 1 heterocycles. The van der Waals surface area contributed by atoms with Crippen LogP contribution in [0.4, 0.5) is 0 Å². The summed E-state index contributed by atoms with van der Waals surface area (Å²) in [6.45, 7) is 2.77. The number of ether oxygens (including phenoxy) is 5. The normalized spacial score (nSPS) is 23.6. The SMILES string of the molecule is CC1O[C@@H](OC(=N)C(Cl)(Cl)Cl)C(OCc2ccccc2)C(OCc2ccccc2)[C@H]1OCc1ccccc1. The molecule has 0 aliphatic carbocycles. The van der Waals surface area contributed by atoms with Crippen LogP contribution in [0, 0.1) is 5.41 Å². The van der Waals surface area contributed by atoms with Crippen LogP contribution in [0.25, 0.3) is 0 Å². The Bertz CT molecular complexity index is 1130. The van der Waals surface area contributed by atoms with Crippen LogP contribution in [0.1, 0.15) is 23.6 Å². The van der Waals surface area contributed by atoms with Crippen LogP contribution in [0.2, 0.25) is 0 Å². The molecule has 3 aromatic carbocycles. The van der Waals surface area contributed by atoms with Crippen molar-refractivity contribution in [3.8, 4) is 0 Å². The predicted molar refractivity (Wildman–Crippen MR) is 148 cm³/mol. The molecular weight excluding hydrogens is 549 g/mol. The van der Waals surface area contributed by atoms with Crippen molar-refractivity contribution >= 4 is 40.7 Å². The highest BCUT2D eigenvalue weighted by Gasteiger charge is 2.49. The van der Waals surface area contributed by atoms with E-state index in [2.05, 4.69) is 0 Å². The minimum Gasteiger partial charge on any atom is -0.445 e. The van der Waals surface area contributed by atoms with E-state index in [1.807, 2.05) is 97.9 Å². The zero-order valence-corrected chi connectivity index (χ0v) is 23.1. The summed E-state index contributed by atoms with van der Waals surface area (Å²) < 4.78 is 29.0. The van der Waals surface area contributed by atoms with E-state index in [9.17, 15) is 0 Å². The molecule has 0 saturated carbocycles. The zero-order chi connectivity index (χ0) is 27.0. The zero-order valence-electron chi connectivity index (χ0n) is 20.8. The standard InChI is InChI=1S/C29H30Cl3NO5/c1-20-24(34-17-21-11-5-2-6-12-21)25(35-18-22-13-7-3-8-14-22)26(36-19-23-15-9-4-10-16-23)27(37-20)38-28(33)29(30,31)32/h2-16,20,24-27,33H,17-19H2,1H3/t20?,24-,25?,26?,27-/m0/s1. The molecule has 0 radical (unpaired) electrons. The number of benzene rings is 3. The molecule has 9 heteroatoms. The van der Waals surface area contributed by atoms with Crippen molar-refractivity contribution in [2.75, 3.05) is 0 Å². The molecule has 1 fully saturated rings. The third-order valence-corrected chi connectivity index (χ3v) is 6.59. The van der Waals surface area contributed by atoms with E-state index >= 15 is 0 Å². The summed E-state index contributed by atoms with van der Waals surface area (Å²) in [5.74, 6) is -0.571. The van der Waals surface area contributed by atoms with Gasteiger partial charge in [0.2, 0.25) is 12.2 Å². The summed E-state index contributed by atoms with van der Waals surface area (Å²) >= 11 is 17.7. The van der Waals surface area contributed by atoms with Gasteiger partial charge in [0.05, 0.1) is 25.9 Å². The largest absolute Gasteiger partial charge is 0.445 e. The van der Waals surface area contributed by atoms with Gasteiger partial charge in [-0.2, -0.15) is 0 Å². The van der Waals surface area contributed by atoms with Gasteiger partial charge in [-0.05, 0) is 23.6 Å². The predicted octanol–water partition coefficient (Wildman–Crippen LogP) is 6.85. The molecule has 38 heavy (non-hydrogen) atoms. The highest BCUT2D eigenvalue weighted by Crippen LogP contribution is 2.34. The van der Waals surface area contributed by atoms with Gasteiger partial charge in [-0.3, -0.25) is 5.41 Å². The lowest BCUT2D eigenvalue weighted by Gasteiger charge is -2.45. The van der Waals surface area contributed by atoms with Crippen molar-refractivity contribution in [1.82, 2.24) is 0 Å². The van der Waals surface area contributed by atoms with Gasteiger partial charge in [0.15, 0.2) is 0 Å². The van der Waals surface area contributed by atoms with Crippen molar-refractivity contribution in [2.24, 2.45) is 0 Å². The molecule has 4 rings (SSSR count). The smallest absolute Gasteiger partial charge is 0.265 e. The average Bonchev–Trinajstić information content (AvgIpc) is 2.92. The van der Waals surface area contributed by atoms with Crippen molar-refractivity contribution < 1.29 is 23.7 Å². The lowest BCUT2D eigenvalue weighted by atomic mass is 9.98. The van der Waals surface area contributed by atoms with Crippen molar-refractivity contribution in [1.29, 1.82) is 5.41 Å². The van der Waals surface area contributed by atoms with Gasteiger partial charge in [-0.25, -0.2) is 0 Å². The van der Waals surface area contributed by atoms with Gasteiger partial charge in [0.1, 0.15) is 18.3 Å². The Kier molecular flexibility index (Phi) is 10.4. The topological polar surface area (TPSA) is 70.0 Å². The molecule has 0 amide bonds. The minimum absolute atomic E-state index is 0.251. The molecule has 3 unspecified atom stereocenters. The van der Waals surface area contributed by atoms with E-state index in [0.29, 0.717) is 13.2 Å². The van der Waals surface area contributed by atoms with Crippen LogP contribution in [-0.4, -0.2) is 40.4 Å². The summed E-state index contributed by atoms with van der Waals surface area (Å²) in [7, 11) is 0. The second kappa shape index (κ2) is 13.8. The first-order valence-corrected chi connectivity index (χ1v) is 13.4. The van der Waals surface area contributed by atoms with Crippen LogP contribution >= 0.6 is 34.8 Å². The van der Waals surface area contributed by atoms with Crippen molar-refractivity contribution in [3.63, 3.8) is 0 Å². The van der Waals surface area contributed by atoms with Crippen LogP contribution in [0.5, 0.6) is 0 Å². The van der Waals surface area contributed by atoms with E-state index in [0.717, 1.165) is 16.7 Å². The molecule has 3 aromatic rings. The fourth-order valence-corrected chi connectivity index (χ4v) is 4.28. The number of hydrogen-bond acceptors (Lipinski definition) is 6. The first-order valence-electron chi connectivity index (χ1n) is 12.3. The van der Waals surface area contributed by atoms with Gasteiger partial charge in [0, 0.05) is 0 Å². The van der Waals surface area contributed by atoms with Crippen LogP contribution in [0.15, 0.2) is 91.0 Å². The number of rotatable bonds is 10. The van der Waals surface area contributed by atoms with Gasteiger partial charge < -0.3 is 23.7 Å². The summed E-state index contributed by atoms with van der Waals surface area (Å²) in [5.41, 5.74) is 2.95. The average molecular weight is 579 g/mol. The maximum Gasteiger partial charge on any atom is 0.265 e. The highest BCUT2D eigenvalue weighted by atomic mass is 35.6. The van der Waals surface area contributed by atoms with E-state index < -0.39 is 40.4 Å².